The predicted octanol–water partition coefficient (Wildman–Crippen LogP) is 1.44. The Kier molecular flexibility index (Phi) is 3.45. The van der Waals surface area contributed by atoms with Crippen LogP contribution in [0.15, 0.2) is 28.7 Å². The summed E-state index contributed by atoms with van der Waals surface area (Å²) in [7, 11) is 0. The average Bonchev–Trinajstić information content (AvgIpc) is 2.08. The number of rotatable bonds is 3. The number of carboxylic acids is 1. The van der Waals surface area contributed by atoms with Gasteiger partial charge in [-0.15, -0.1) is 0 Å². The van der Waals surface area contributed by atoms with Gasteiger partial charge in [-0.2, -0.15) is 0 Å². The lowest BCUT2D eigenvalue weighted by atomic mass is 10.1. The molecule has 0 unspecified atom stereocenters. The molecule has 0 aliphatic heterocycles. The van der Waals surface area contributed by atoms with Gasteiger partial charge in [0.05, 0.1) is 0 Å². The van der Waals surface area contributed by atoms with E-state index in [0.29, 0.717) is 0 Å². The van der Waals surface area contributed by atoms with E-state index < -0.39 is 12.1 Å². The van der Waals surface area contributed by atoms with Gasteiger partial charge in [0.25, 0.3) is 0 Å². The number of hydrogen-bond donors (Lipinski definition) is 2. The van der Waals surface area contributed by atoms with E-state index >= 15 is 0 Å². The second-order valence-corrected chi connectivity index (χ2v) is 3.60. The summed E-state index contributed by atoms with van der Waals surface area (Å²) in [5, 5.41) is 17.5. The molecule has 0 aliphatic carbocycles. The summed E-state index contributed by atoms with van der Waals surface area (Å²) < 4.78 is 0.932. The third-order valence-corrected chi connectivity index (χ3v) is 2.16. The second kappa shape index (κ2) is 4.39. The van der Waals surface area contributed by atoms with Crippen molar-refractivity contribution in [3.8, 4) is 0 Å². The molecule has 0 spiro atoms. The highest BCUT2D eigenvalue weighted by Gasteiger charge is 2.12. The zero-order valence-corrected chi connectivity index (χ0v) is 8.36. The van der Waals surface area contributed by atoms with Crippen LogP contribution < -0.4 is 0 Å². The van der Waals surface area contributed by atoms with Gasteiger partial charge >= 0.3 is 5.97 Å². The largest absolute Gasteiger partial charge is 0.479 e. The van der Waals surface area contributed by atoms with Gasteiger partial charge in [-0.25, -0.2) is 4.79 Å². The number of hydrogen-bond acceptors (Lipinski definition) is 2. The molecule has 1 aromatic carbocycles. The Morgan fingerprint density at radius 3 is 2.38 bits per heavy atom. The Morgan fingerprint density at radius 2 is 1.92 bits per heavy atom. The molecule has 13 heavy (non-hydrogen) atoms. The third-order valence-electron chi connectivity index (χ3n) is 1.63. The van der Waals surface area contributed by atoms with Crippen LogP contribution in [0.25, 0.3) is 0 Å². The third kappa shape index (κ3) is 3.16. The van der Waals surface area contributed by atoms with E-state index in [9.17, 15) is 4.79 Å². The molecular weight excluding hydrogens is 236 g/mol. The second-order valence-electron chi connectivity index (χ2n) is 2.68. The maximum atomic E-state index is 10.3. The van der Waals surface area contributed by atoms with Crippen LogP contribution in [0.5, 0.6) is 0 Å². The van der Waals surface area contributed by atoms with Crippen LogP contribution in [0.4, 0.5) is 0 Å². The highest BCUT2D eigenvalue weighted by atomic mass is 79.9. The van der Waals surface area contributed by atoms with E-state index in [1.807, 2.05) is 12.1 Å². The molecule has 3 nitrogen and oxygen atoms in total. The Morgan fingerprint density at radius 1 is 1.38 bits per heavy atom. The molecule has 0 heterocycles. The Balaban J connectivity index is 2.64. The van der Waals surface area contributed by atoms with E-state index in [0.717, 1.165) is 10.0 Å². The molecule has 1 aromatic rings. The molecule has 2 N–H and O–H groups in total. The van der Waals surface area contributed by atoms with Gasteiger partial charge in [0, 0.05) is 10.9 Å². The first-order valence-electron chi connectivity index (χ1n) is 3.75. The Hall–Kier alpha value is -0.870. The zero-order chi connectivity index (χ0) is 9.84. The molecule has 1 atom stereocenters. The summed E-state index contributed by atoms with van der Waals surface area (Å²) in [6, 6.07) is 7.17. The van der Waals surface area contributed by atoms with Gasteiger partial charge < -0.3 is 10.2 Å². The Bertz CT molecular complexity index is 294. The molecule has 0 fully saturated rings. The van der Waals surface area contributed by atoms with Crippen molar-refractivity contribution in [1.82, 2.24) is 0 Å². The minimum absolute atomic E-state index is 0.141. The maximum Gasteiger partial charge on any atom is 0.332 e. The monoisotopic (exact) mass is 244 g/mol. The van der Waals surface area contributed by atoms with Gasteiger partial charge in [0.2, 0.25) is 0 Å². The number of carbonyl (C=O) groups is 1. The Labute approximate surface area is 84.1 Å². The van der Waals surface area contributed by atoms with Crippen molar-refractivity contribution in [2.75, 3.05) is 0 Å². The first kappa shape index (κ1) is 10.2. The average molecular weight is 245 g/mol. The molecule has 4 heteroatoms. The van der Waals surface area contributed by atoms with Crippen molar-refractivity contribution in [2.24, 2.45) is 0 Å². The van der Waals surface area contributed by atoms with Gasteiger partial charge in [-0.3, -0.25) is 0 Å². The summed E-state index contributed by atoms with van der Waals surface area (Å²) in [4.78, 5) is 10.3. The van der Waals surface area contributed by atoms with Gasteiger partial charge in [0.15, 0.2) is 6.10 Å². The number of halogens is 1. The minimum Gasteiger partial charge on any atom is -0.479 e. The summed E-state index contributed by atoms with van der Waals surface area (Å²) in [6.45, 7) is 0. The number of aliphatic carboxylic acids is 1. The summed E-state index contributed by atoms with van der Waals surface area (Å²) in [5.41, 5.74) is 0.804. The number of aliphatic hydroxyl groups excluding tert-OH is 1. The zero-order valence-electron chi connectivity index (χ0n) is 6.77. The van der Waals surface area contributed by atoms with Crippen molar-refractivity contribution >= 4 is 21.9 Å². The van der Waals surface area contributed by atoms with Crippen LogP contribution in [-0.4, -0.2) is 22.3 Å². The van der Waals surface area contributed by atoms with Gasteiger partial charge in [0.1, 0.15) is 0 Å². The lowest BCUT2D eigenvalue weighted by Crippen LogP contribution is -2.21. The standard InChI is InChI=1S/C9H9BrO3/c10-7-3-1-6(2-4-7)5-8(11)9(12)13/h1-4,8,11H,5H2,(H,12,13)/t8-/m0/s1. The molecular formula is C9H9BrO3. The van der Waals surface area contributed by atoms with Crippen molar-refractivity contribution in [1.29, 1.82) is 0 Å². The number of aliphatic hydroxyl groups is 1. The number of carboxylic acid groups (broad SMARTS) is 1. The molecule has 0 bridgehead atoms. The highest BCUT2D eigenvalue weighted by molar-refractivity contribution is 9.10. The van der Waals surface area contributed by atoms with E-state index in [2.05, 4.69) is 15.9 Å². The SMILES string of the molecule is O=C(O)[C@@H](O)Cc1ccc(Br)cc1. The van der Waals surface area contributed by atoms with Crippen molar-refractivity contribution in [3.63, 3.8) is 0 Å². The van der Waals surface area contributed by atoms with E-state index in [4.69, 9.17) is 10.2 Å². The van der Waals surface area contributed by atoms with Crippen LogP contribution >= 0.6 is 15.9 Å². The van der Waals surface area contributed by atoms with Gasteiger partial charge in [-0.05, 0) is 17.7 Å². The van der Waals surface area contributed by atoms with Crippen LogP contribution in [-0.2, 0) is 11.2 Å². The molecule has 1 rings (SSSR count). The van der Waals surface area contributed by atoms with Crippen LogP contribution in [0.1, 0.15) is 5.56 Å². The number of benzene rings is 1. The molecule has 70 valence electrons. The molecule has 0 aromatic heterocycles. The molecule has 0 saturated carbocycles. The van der Waals surface area contributed by atoms with Crippen molar-refractivity contribution in [3.05, 3.63) is 34.3 Å². The van der Waals surface area contributed by atoms with Crippen molar-refractivity contribution in [2.45, 2.75) is 12.5 Å². The van der Waals surface area contributed by atoms with E-state index in [1.54, 1.807) is 12.1 Å². The van der Waals surface area contributed by atoms with Crippen LogP contribution in [0, 0.1) is 0 Å². The van der Waals surface area contributed by atoms with Crippen molar-refractivity contribution < 1.29 is 15.0 Å². The van der Waals surface area contributed by atoms with E-state index in [-0.39, 0.29) is 6.42 Å². The fourth-order valence-electron chi connectivity index (χ4n) is 0.931. The first-order chi connectivity index (χ1) is 6.09. The fourth-order valence-corrected chi connectivity index (χ4v) is 1.20. The first-order valence-corrected chi connectivity index (χ1v) is 4.54. The minimum atomic E-state index is -1.32. The summed E-state index contributed by atoms with van der Waals surface area (Å²) in [5.74, 6) is -1.19. The molecule has 0 aliphatic rings. The predicted molar refractivity (Wildman–Crippen MR) is 51.5 cm³/mol. The van der Waals surface area contributed by atoms with Crippen LogP contribution in [0.3, 0.4) is 0 Å². The fraction of sp³-hybridized carbons (Fsp3) is 0.222. The normalized spacial score (nSPS) is 12.5. The topological polar surface area (TPSA) is 57.5 Å². The lowest BCUT2D eigenvalue weighted by Gasteiger charge is -2.04. The quantitative estimate of drug-likeness (QED) is 0.847. The molecule has 0 amide bonds. The maximum absolute atomic E-state index is 10.3. The molecule has 0 radical (unpaired) electrons. The highest BCUT2D eigenvalue weighted by Crippen LogP contribution is 2.11. The summed E-state index contributed by atoms with van der Waals surface area (Å²) in [6.07, 6.45) is -1.18. The smallest absolute Gasteiger partial charge is 0.332 e. The lowest BCUT2D eigenvalue weighted by molar-refractivity contribution is -0.146. The van der Waals surface area contributed by atoms with Crippen LogP contribution in [0.2, 0.25) is 0 Å². The molecule has 0 saturated heterocycles. The summed E-state index contributed by atoms with van der Waals surface area (Å²) >= 11 is 3.26. The van der Waals surface area contributed by atoms with Gasteiger partial charge in [-0.1, -0.05) is 28.1 Å². The van der Waals surface area contributed by atoms with E-state index in [1.165, 1.54) is 0 Å².